The second-order valence-electron chi connectivity index (χ2n) is 7.03. The first kappa shape index (κ1) is 19.2. The number of ether oxygens (including phenoxy) is 3. The lowest BCUT2D eigenvalue weighted by Crippen LogP contribution is -2.42. The molecule has 0 atom stereocenters. The van der Waals surface area contributed by atoms with Crippen molar-refractivity contribution in [1.82, 2.24) is 0 Å². The summed E-state index contributed by atoms with van der Waals surface area (Å²) in [4.78, 5) is 14.9. The Morgan fingerprint density at radius 3 is 2.61 bits per heavy atom. The third-order valence-electron chi connectivity index (χ3n) is 5.14. The standard InChI is InChI=1S/C22H24ClNO4/c1-2-3-4-16-5-10-20-19(15-16)22(27-13-14-28-22)21(25)24(20)11-12-26-18-8-6-17(23)7-9-18/h5-10,15H,2-4,11-14H2,1H3. The Balaban J connectivity index is 1.53. The van der Waals surface area contributed by atoms with Crippen molar-refractivity contribution < 1.29 is 19.0 Å². The molecular formula is C22H24ClNO4. The Labute approximate surface area is 170 Å². The fourth-order valence-electron chi connectivity index (χ4n) is 3.72. The quantitative estimate of drug-likeness (QED) is 0.693. The second kappa shape index (κ2) is 8.11. The summed E-state index contributed by atoms with van der Waals surface area (Å²) in [6.07, 6.45) is 3.22. The SMILES string of the molecule is CCCCc1ccc2c(c1)C1(OCCO1)C(=O)N2CCOc1ccc(Cl)cc1. The van der Waals surface area contributed by atoms with E-state index in [2.05, 4.69) is 19.1 Å². The number of anilines is 1. The van der Waals surface area contributed by atoms with Gasteiger partial charge in [0.1, 0.15) is 12.4 Å². The summed E-state index contributed by atoms with van der Waals surface area (Å²) in [7, 11) is 0. The number of hydrogen-bond acceptors (Lipinski definition) is 4. The van der Waals surface area contributed by atoms with Gasteiger partial charge in [0, 0.05) is 10.6 Å². The molecule has 0 radical (unpaired) electrons. The minimum absolute atomic E-state index is 0.174. The fourth-order valence-corrected chi connectivity index (χ4v) is 3.85. The number of aryl methyl sites for hydroxylation is 1. The van der Waals surface area contributed by atoms with Crippen molar-refractivity contribution in [3.05, 3.63) is 58.6 Å². The molecule has 0 unspecified atom stereocenters. The van der Waals surface area contributed by atoms with Gasteiger partial charge in [0.25, 0.3) is 11.7 Å². The van der Waals surface area contributed by atoms with Crippen molar-refractivity contribution >= 4 is 23.2 Å². The number of halogens is 1. The average Bonchev–Trinajstić information content (AvgIpc) is 3.29. The smallest absolute Gasteiger partial charge is 0.292 e. The summed E-state index contributed by atoms with van der Waals surface area (Å²) >= 11 is 5.90. The van der Waals surface area contributed by atoms with Crippen LogP contribution in [0, 0.1) is 0 Å². The van der Waals surface area contributed by atoms with Gasteiger partial charge in [-0.2, -0.15) is 0 Å². The monoisotopic (exact) mass is 401 g/mol. The molecule has 4 rings (SSSR count). The molecule has 148 valence electrons. The van der Waals surface area contributed by atoms with E-state index in [0.717, 1.165) is 30.5 Å². The van der Waals surface area contributed by atoms with Crippen molar-refractivity contribution in [2.45, 2.75) is 32.0 Å². The zero-order valence-corrected chi connectivity index (χ0v) is 16.7. The number of unbranched alkanes of at least 4 members (excludes halogenated alkanes) is 1. The predicted octanol–water partition coefficient (Wildman–Crippen LogP) is 4.31. The van der Waals surface area contributed by atoms with Crippen LogP contribution < -0.4 is 9.64 Å². The molecule has 2 aliphatic heterocycles. The molecule has 2 aromatic carbocycles. The first-order valence-corrected chi connectivity index (χ1v) is 10.1. The van der Waals surface area contributed by atoms with Crippen LogP contribution in [0.1, 0.15) is 30.9 Å². The van der Waals surface area contributed by atoms with Crippen molar-refractivity contribution in [1.29, 1.82) is 0 Å². The van der Waals surface area contributed by atoms with E-state index < -0.39 is 5.79 Å². The lowest BCUT2D eigenvalue weighted by atomic mass is 10.0. The van der Waals surface area contributed by atoms with Gasteiger partial charge < -0.3 is 19.1 Å². The molecule has 0 aliphatic carbocycles. The molecule has 2 heterocycles. The van der Waals surface area contributed by atoms with Crippen molar-refractivity contribution in [3.63, 3.8) is 0 Å². The van der Waals surface area contributed by atoms with Crippen LogP contribution in [-0.4, -0.2) is 32.3 Å². The molecule has 0 aromatic heterocycles. The van der Waals surface area contributed by atoms with Gasteiger partial charge >= 0.3 is 0 Å². The first-order valence-electron chi connectivity index (χ1n) is 9.76. The van der Waals surface area contributed by atoms with Gasteiger partial charge in [-0.1, -0.05) is 31.0 Å². The lowest BCUT2D eigenvalue weighted by Gasteiger charge is -2.22. The Hall–Kier alpha value is -2.08. The maximum absolute atomic E-state index is 13.2. The van der Waals surface area contributed by atoms with Gasteiger partial charge in [0.15, 0.2) is 0 Å². The van der Waals surface area contributed by atoms with E-state index in [1.807, 2.05) is 18.2 Å². The van der Waals surface area contributed by atoms with Crippen molar-refractivity contribution in [3.8, 4) is 5.75 Å². The molecule has 0 bridgehead atoms. The van der Waals surface area contributed by atoms with Crippen molar-refractivity contribution in [2.75, 3.05) is 31.3 Å². The van der Waals surface area contributed by atoms with Crippen LogP contribution in [0.2, 0.25) is 5.02 Å². The third kappa shape index (κ3) is 3.50. The number of carbonyl (C=O) groups excluding carboxylic acids is 1. The molecule has 1 amide bonds. The molecule has 5 nitrogen and oxygen atoms in total. The molecule has 28 heavy (non-hydrogen) atoms. The minimum Gasteiger partial charge on any atom is -0.492 e. The maximum Gasteiger partial charge on any atom is 0.292 e. The number of amides is 1. The fraction of sp³-hybridized carbons (Fsp3) is 0.409. The van der Waals surface area contributed by atoms with Gasteiger partial charge in [-0.25, -0.2) is 0 Å². The third-order valence-corrected chi connectivity index (χ3v) is 5.40. The molecule has 6 heteroatoms. The Morgan fingerprint density at radius 2 is 1.89 bits per heavy atom. The van der Waals surface area contributed by atoms with Crippen LogP contribution in [0.25, 0.3) is 0 Å². The number of benzene rings is 2. The predicted molar refractivity (Wildman–Crippen MR) is 108 cm³/mol. The van der Waals surface area contributed by atoms with Crippen LogP contribution in [0.5, 0.6) is 5.75 Å². The zero-order chi connectivity index (χ0) is 19.6. The highest BCUT2D eigenvalue weighted by atomic mass is 35.5. The number of rotatable bonds is 7. The van der Waals surface area contributed by atoms with Crippen LogP contribution in [-0.2, 0) is 26.5 Å². The molecule has 2 aliphatic rings. The average molecular weight is 402 g/mol. The van der Waals surface area contributed by atoms with Gasteiger partial charge in [-0.15, -0.1) is 0 Å². The van der Waals surface area contributed by atoms with Crippen LogP contribution in [0.4, 0.5) is 5.69 Å². The molecule has 0 saturated carbocycles. The highest BCUT2D eigenvalue weighted by Crippen LogP contribution is 2.46. The Bertz CT molecular complexity index is 846. The van der Waals surface area contributed by atoms with Gasteiger partial charge in [0.2, 0.25) is 0 Å². The number of carbonyl (C=O) groups is 1. The van der Waals surface area contributed by atoms with Crippen LogP contribution in [0.15, 0.2) is 42.5 Å². The Kier molecular flexibility index (Phi) is 5.58. The topological polar surface area (TPSA) is 48.0 Å². The summed E-state index contributed by atoms with van der Waals surface area (Å²) in [5.74, 6) is -0.751. The summed E-state index contributed by atoms with van der Waals surface area (Å²) in [5.41, 5.74) is 2.85. The van der Waals surface area contributed by atoms with E-state index in [9.17, 15) is 4.79 Å². The number of hydrogen-bond donors (Lipinski definition) is 0. The minimum atomic E-state index is -1.29. The second-order valence-corrected chi connectivity index (χ2v) is 7.46. The van der Waals surface area contributed by atoms with Gasteiger partial charge in [0.05, 0.1) is 25.4 Å². The lowest BCUT2D eigenvalue weighted by molar-refractivity contribution is -0.180. The summed E-state index contributed by atoms with van der Waals surface area (Å²) in [6, 6.07) is 13.3. The first-order chi connectivity index (χ1) is 13.6. The van der Waals surface area contributed by atoms with Crippen LogP contribution >= 0.6 is 11.6 Å². The number of nitrogens with zero attached hydrogens (tertiary/aromatic N) is 1. The van der Waals surface area contributed by atoms with Gasteiger partial charge in [-0.05, 0) is 54.8 Å². The summed E-state index contributed by atoms with van der Waals surface area (Å²) < 4.78 is 17.5. The molecule has 1 saturated heterocycles. The normalized spacial score (nSPS) is 17.4. The summed E-state index contributed by atoms with van der Waals surface area (Å²) in [5, 5.41) is 0.660. The van der Waals surface area contributed by atoms with Crippen molar-refractivity contribution in [2.24, 2.45) is 0 Å². The number of fused-ring (bicyclic) bond motifs is 2. The molecule has 1 spiro atoms. The van der Waals surface area contributed by atoms with E-state index in [-0.39, 0.29) is 5.91 Å². The largest absolute Gasteiger partial charge is 0.492 e. The van der Waals surface area contributed by atoms with E-state index in [1.165, 1.54) is 5.56 Å². The maximum atomic E-state index is 13.2. The molecule has 0 N–H and O–H groups in total. The van der Waals surface area contributed by atoms with E-state index in [1.54, 1.807) is 17.0 Å². The molecule has 1 fully saturated rings. The van der Waals surface area contributed by atoms with E-state index in [4.69, 9.17) is 25.8 Å². The van der Waals surface area contributed by atoms with E-state index >= 15 is 0 Å². The highest BCUT2D eigenvalue weighted by Gasteiger charge is 2.56. The Morgan fingerprint density at radius 1 is 1.14 bits per heavy atom. The summed E-state index contributed by atoms with van der Waals surface area (Å²) in [6.45, 7) is 3.78. The van der Waals surface area contributed by atoms with Crippen LogP contribution in [0.3, 0.4) is 0 Å². The van der Waals surface area contributed by atoms with E-state index in [0.29, 0.717) is 37.1 Å². The molecule has 2 aromatic rings. The molecular weight excluding hydrogens is 378 g/mol. The van der Waals surface area contributed by atoms with Gasteiger partial charge in [-0.3, -0.25) is 4.79 Å². The zero-order valence-electron chi connectivity index (χ0n) is 15.9. The highest BCUT2D eigenvalue weighted by molar-refractivity contribution is 6.30.